The highest BCUT2D eigenvalue weighted by Gasteiger charge is 1.84. The fourth-order valence-corrected chi connectivity index (χ4v) is 0.710. The van der Waals surface area contributed by atoms with E-state index in [-0.39, 0.29) is 0 Å². The fourth-order valence-electron chi connectivity index (χ4n) is 0.710. The second-order valence-electron chi connectivity index (χ2n) is 2.36. The summed E-state index contributed by atoms with van der Waals surface area (Å²) in [7, 11) is 3.75. The molecular formula is C12H21NO. The van der Waals surface area contributed by atoms with E-state index in [4.69, 9.17) is 0 Å². The molecule has 0 saturated heterocycles. The van der Waals surface area contributed by atoms with Crippen LogP contribution in [0.2, 0.25) is 0 Å². The lowest BCUT2D eigenvalue weighted by atomic mass is 10.2. The normalized spacial score (nSPS) is 7.43. The Morgan fingerprint density at radius 1 is 1.14 bits per heavy atom. The van der Waals surface area contributed by atoms with Crippen molar-refractivity contribution in [2.45, 2.75) is 20.3 Å². The second-order valence-corrected chi connectivity index (χ2v) is 2.36. The molecule has 0 fully saturated rings. The standard InChI is InChI=1S/C8H8O.C2H7N.C2H6/c9-7-6-8-4-2-1-3-5-8;1-3-2;1-2/h1-5,7H,6H2;3H,1-2H3;1-2H3. The Morgan fingerprint density at radius 2 is 1.57 bits per heavy atom. The number of carbonyl (C=O) groups excluding carboxylic acids is 1. The van der Waals surface area contributed by atoms with Gasteiger partial charge in [-0.3, -0.25) is 0 Å². The molecule has 1 N–H and O–H groups in total. The van der Waals surface area contributed by atoms with Crippen LogP contribution in [0.15, 0.2) is 30.3 Å². The molecule has 0 aliphatic heterocycles. The molecule has 0 spiro atoms. The Balaban J connectivity index is 0. The molecule has 0 radical (unpaired) electrons. The zero-order valence-electron chi connectivity index (χ0n) is 9.58. The van der Waals surface area contributed by atoms with Crippen molar-refractivity contribution in [3.63, 3.8) is 0 Å². The zero-order valence-corrected chi connectivity index (χ0v) is 9.58. The highest BCUT2D eigenvalue weighted by atomic mass is 16.1. The number of benzene rings is 1. The molecule has 0 unspecified atom stereocenters. The van der Waals surface area contributed by atoms with Crippen molar-refractivity contribution in [1.29, 1.82) is 0 Å². The van der Waals surface area contributed by atoms with Gasteiger partial charge < -0.3 is 10.1 Å². The molecule has 2 heteroatoms. The lowest BCUT2D eigenvalue weighted by Crippen LogP contribution is -1.89. The van der Waals surface area contributed by atoms with Crippen LogP contribution in [0.25, 0.3) is 0 Å². The van der Waals surface area contributed by atoms with Crippen LogP contribution < -0.4 is 5.32 Å². The summed E-state index contributed by atoms with van der Waals surface area (Å²) in [6.07, 6.45) is 1.44. The van der Waals surface area contributed by atoms with Crippen LogP contribution in [0.4, 0.5) is 0 Å². The van der Waals surface area contributed by atoms with E-state index >= 15 is 0 Å². The van der Waals surface area contributed by atoms with Gasteiger partial charge in [0.2, 0.25) is 0 Å². The fraction of sp³-hybridized carbons (Fsp3) is 0.417. The first-order valence-electron chi connectivity index (χ1n) is 4.91. The third kappa shape index (κ3) is 10.8. The van der Waals surface area contributed by atoms with Crippen molar-refractivity contribution in [3.8, 4) is 0 Å². The molecular weight excluding hydrogens is 174 g/mol. The van der Waals surface area contributed by atoms with E-state index in [0.717, 1.165) is 11.8 Å². The Kier molecular flexibility index (Phi) is 15.7. The first-order chi connectivity index (χ1) is 6.85. The van der Waals surface area contributed by atoms with E-state index in [2.05, 4.69) is 5.32 Å². The summed E-state index contributed by atoms with van der Waals surface area (Å²) >= 11 is 0. The summed E-state index contributed by atoms with van der Waals surface area (Å²) in [5.41, 5.74) is 1.08. The van der Waals surface area contributed by atoms with Crippen LogP contribution in [0.3, 0.4) is 0 Å². The molecule has 0 aliphatic rings. The van der Waals surface area contributed by atoms with E-state index in [0.29, 0.717) is 6.42 Å². The van der Waals surface area contributed by atoms with E-state index in [9.17, 15) is 4.79 Å². The number of aldehydes is 1. The lowest BCUT2D eigenvalue weighted by Gasteiger charge is -1.89. The van der Waals surface area contributed by atoms with Crippen molar-refractivity contribution in [1.82, 2.24) is 5.32 Å². The first-order valence-corrected chi connectivity index (χ1v) is 4.91. The maximum atomic E-state index is 9.97. The van der Waals surface area contributed by atoms with Gasteiger partial charge in [-0.1, -0.05) is 44.2 Å². The molecule has 0 amide bonds. The van der Waals surface area contributed by atoms with Gasteiger partial charge in [0.1, 0.15) is 6.29 Å². The van der Waals surface area contributed by atoms with Crippen LogP contribution in [0, 0.1) is 0 Å². The van der Waals surface area contributed by atoms with Crippen molar-refractivity contribution in [2.75, 3.05) is 14.1 Å². The van der Waals surface area contributed by atoms with E-state index in [1.54, 1.807) is 0 Å². The molecule has 80 valence electrons. The minimum Gasteiger partial charge on any atom is -0.323 e. The summed E-state index contributed by atoms with van der Waals surface area (Å²) < 4.78 is 0. The third-order valence-electron chi connectivity index (χ3n) is 1.16. The Morgan fingerprint density at radius 3 is 1.93 bits per heavy atom. The average molecular weight is 195 g/mol. The van der Waals surface area contributed by atoms with Gasteiger partial charge in [0.05, 0.1) is 0 Å². The van der Waals surface area contributed by atoms with Gasteiger partial charge in [0.15, 0.2) is 0 Å². The Bertz CT molecular complexity index is 197. The van der Waals surface area contributed by atoms with Crippen molar-refractivity contribution < 1.29 is 4.79 Å². The molecule has 0 aliphatic carbocycles. The lowest BCUT2D eigenvalue weighted by molar-refractivity contribution is -0.107. The van der Waals surface area contributed by atoms with Gasteiger partial charge in [-0.05, 0) is 19.7 Å². The summed E-state index contributed by atoms with van der Waals surface area (Å²) in [6, 6.07) is 9.68. The predicted molar refractivity (Wildman–Crippen MR) is 62.5 cm³/mol. The highest BCUT2D eigenvalue weighted by Crippen LogP contribution is 1.96. The van der Waals surface area contributed by atoms with Crippen molar-refractivity contribution in [3.05, 3.63) is 35.9 Å². The molecule has 1 aromatic carbocycles. The number of hydrogen-bond acceptors (Lipinski definition) is 2. The predicted octanol–water partition coefficient (Wildman–Crippen LogP) is 2.29. The minimum absolute atomic E-state index is 0.529. The highest BCUT2D eigenvalue weighted by molar-refractivity contribution is 5.54. The second kappa shape index (κ2) is 14.4. The number of hydrogen-bond donors (Lipinski definition) is 1. The molecule has 1 rings (SSSR count). The van der Waals surface area contributed by atoms with Gasteiger partial charge in [0.25, 0.3) is 0 Å². The molecule has 0 aromatic heterocycles. The zero-order chi connectivity index (χ0) is 11.2. The molecule has 2 nitrogen and oxygen atoms in total. The summed E-state index contributed by atoms with van der Waals surface area (Å²) in [5, 5.41) is 2.75. The maximum Gasteiger partial charge on any atom is 0.124 e. The molecule has 14 heavy (non-hydrogen) atoms. The molecule has 0 saturated carbocycles. The van der Waals surface area contributed by atoms with Crippen molar-refractivity contribution in [2.24, 2.45) is 0 Å². The molecule has 0 bridgehead atoms. The minimum atomic E-state index is 0.529. The summed E-state index contributed by atoms with van der Waals surface area (Å²) in [6.45, 7) is 4.00. The van der Waals surface area contributed by atoms with Gasteiger partial charge in [-0.15, -0.1) is 0 Å². The molecule has 1 aromatic rings. The third-order valence-corrected chi connectivity index (χ3v) is 1.16. The number of nitrogens with one attached hydrogen (secondary N) is 1. The van der Waals surface area contributed by atoms with Gasteiger partial charge in [-0.25, -0.2) is 0 Å². The smallest absolute Gasteiger partial charge is 0.124 e. The maximum absolute atomic E-state index is 9.97. The van der Waals surface area contributed by atoms with Crippen molar-refractivity contribution >= 4 is 6.29 Å². The molecule has 0 heterocycles. The SMILES string of the molecule is CC.CNC.O=CCc1ccccc1. The summed E-state index contributed by atoms with van der Waals surface area (Å²) in [4.78, 5) is 9.97. The van der Waals surface area contributed by atoms with Gasteiger partial charge in [0, 0.05) is 6.42 Å². The van der Waals surface area contributed by atoms with Gasteiger partial charge in [-0.2, -0.15) is 0 Å². The van der Waals surface area contributed by atoms with Crippen LogP contribution in [0.5, 0.6) is 0 Å². The van der Waals surface area contributed by atoms with Crippen LogP contribution in [-0.4, -0.2) is 20.4 Å². The number of rotatable bonds is 2. The monoisotopic (exact) mass is 195 g/mol. The number of carbonyl (C=O) groups is 1. The Labute approximate surface area is 87.3 Å². The Hall–Kier alpha value is -1.15. The largest absolute Gasteiger partial charge is 0.323 e. The van der Waals surface area contributed by atoms with E-state index in [1.807, 2.05) is 58.3 Å². The quantitative estimate of drug-likeness (QED) is 0.734. The summed E-state index contributed by atoms with van der Waals surface area (Å²) in [5.74, 6) is 0. The van der Waals surface area contributed by atoms with E-state index in [1.165, 1.54) is 0 Å². The first kappa shape index (κ1) is 15.3. The van der Waals surface area contributed by atoms with Crippen LogP contribution >= 0.6 is 0 Å². The van der Waals surface area contributed by atoms with Gasteiger partial charge >= 0.3 is 0 Å². The van der Waals surface area contributed by atoms with Crippen LogP contribution in [0.1, 0.15) is 19.4 Å². The average Bonchev–Trinajstić information content (AvgIpc) is 2.24. The van der Waals surface area contributed by atoms with Crippen LogP contribution in [-0.2, 0) is 11.2 Å². The topological polar surface area (TPSA) is 29.1 Å². The van der Waals surface area contributed by atoms with E-state index < -0.39 is 0 Å². The molecule has 0 atom stereocenters.